The van der Waals surface area contributed by atoms with Gasteiger partial charge in [0.25, 0.3) is 0 Å². The van der Waals surface area contributed by atoms with E-state index in [2.05, 4.69) is 31.2 Å². The topological polar surface area (TPSA) is 15.3 Å². The van der Waals surface area contributed by atoms with Crippen LogP contribution in [0.25, 0.3) is 0 Å². The third kappa shape index (κ3) is 2.80. The molecule has 2 heteroatoms. The van der Waals surface area contributed by atoms with Crippen molar-refractivity contribution in [3.05, 3.63) is 0 Å². The van der Waals surface area contributed by atoms with Gasteiger partial charge in [0.2, 0.25) is 0 Å². The zero-order valence-electron chi connectivity index (χ0n) is 7.93. The fourth-order valence-electron chi connectivity index (χ4n) is 1.33. The van der Waals surface area contributed by atoms with E-state index in [0.29, 0.717) is 6.04 Å². The minimum Gasteiger partial charge on any atom is -0.255 e. The second kappa shape index (κ2) is 4.07. The first-order valence-corrected chi connectivity index (χ1v) is 4.77. The summed E-state index contributed by atoms with van der Waals surface area (Å²) in [5.74, 6) is 0. The summed E-state index contributed by atoms with van der Waals surface area (Å²) in [5.41, 5.74) is 3.46. The van der Waals surface area contributed by atoms with Gasteiger partial charge in [-0.15, -0.1) is 0 Å². The van der Waals surface area contributed by atoms with Crippen LogP contribution in [0.3, 0.4) is 0 Å². The molecule has 0 bridgehead atoms. The van der Waals surface area contributed by atoms with E-state index >= 15 is 0 Å². The van der Waals surface area contributed by atoms with Crippen LogP contribution in [0.15, 0.2) is 0 Å². The zero-order valence-corrected chi connectivity index (χ0v) is 7.93. The molecule has 0 heterocycles. The lowest BCUT2D eigenvalue weighted by molar-refractivity contribution is 0.133. The quantitative estimate of drug-likeness (QED) is 0.610. The lowest BCUT2D eigenvalue weighted by Crippen LogP contribution is -2.44. The SMILES string of the molecule is CCCNN(C(C)C)C1CC1. The number of nitrogens with zero attached hydrogens (tertiary/aromatic N) is 1. The lowest BCUT2D eigenvalue weighted by atomic mass is 10.3. The summed E-state index contributed by atoms with van der Waals surface area (Å²) >= 11 is 0. The number of nitrogens with one attached hydrogen (secondary N) is 1. The molecule has 0 spiro atoms. The van der Waals surface area contributed by atoms with E-state index in [4.69, 9.17) is 0 Å². The fraction of sp³-hybridized carbons (Fsp3) is 1.00. The van der Waals surface area contributed by atoms with Gasteiger partial charge in [-0.3, -0.25) is 5.43 Å². The van der Waals surface area contributed by atoms with Gasteiger partial charge in [-0.1, -0.05) is 6.92 Å². The Morgan fingerprint density at radius 1 is 1.45 bits per heavy atom. The van der Waals surface area contributed by atoms with E-state index in [-0.39, 0.29) is 0 Å². The lowest BCUT2D eigenvalue weighted by Gasteiger charge is -2.26. The standard InChI is InChI=1S/C9H20N2/c1-4-7-10-11(8(2)3)9-5-6-9/h8-10H,4-7H2,1-3H3. The predicted octanol–water partition coefficient (Wildman–Crippen LogP) is 1.77. The molecule has 0 atom stereocenters. The summed E-state index contributed by atoms with van der Waals surface area (Å²) in [6.45, 7) is 7.83. The summed E-state index contributed by atoms with van der Waals surface area (Å²) in [5, 5.41) is 2.41. The maximum atomic E-state index is 3.46. The second-order valence-corrected chi connectivity index (χ2v) is 3.64. The Labute approximate surface area is 69.9 Å². The smallest absolute Gasteiger partial charge is 0.0247 e. The number of rotatable bonds is 5. The summed E-state index contributed by atoms with van der Waals surface area (Å²) in [6, 6.07) is 1.48. The van der Waals surface area contributed by atoms with E-state index in [1.165, 1.54) is 19.3 Å². The molecule has 0 radical (unpaired) electrons. The van der Waals surface area contributed by atoms with Gasteiger partial charge in [-0.2, -0.15) is 0 Å². The molecular formula is C9H20N2. The molecule has 1 N–H and O–H groups in total. The van der Waals surface area contributed by atoms with Gasteiger partial charge in [0.05, 0.1) is 0 Å². The highest BCUT2D eigenvalue weighted by molar-refractivity contribution is 4.83. The molecule has 2 nitrogen and oxygen atoms in total. The Balaban J connectivity index is 2.21. The van der Waals surface area contributed by atoms with Crippen molar-refractivity contribution >= 4 is 0 Å². The molecule has 0 aromatic carbocycles. The predicted molar refractivity (Wildman–Crippen MR) is 48.3 cm³/mol. The van der Waals surface area contributed by atoms with Crippen molar-refractivity contribution in [1.82, 2.24) is 10.4 Å². The minimum atomic E-state index is 0.647. The first kappa shape index (κ1) is 9.01. The molecule has 66 valence electrons. The number of hydrogen-bond acceptors (Lipinski definition) is 2. The van der Waals surface area contributed by atoms with Gasteiger partial charge in [-0.05, 0) is 33.1 Å². The largest absolute Gasteiger partial charge is 0.255 e. The van der Waals surface area contributed by atoms with E-state index < -0.39 is 0 Å². The molecular weight excluding hydrogens is 136 g/mol. The average Bonchev–Trinajstić information content (AvgIpc) is 2.71. The maximum Gasteiger partial charge on any atom is 0.0247 e. The van der Waals surface area contributed by atoms with Crippen LogP contribution in [0.4, 0.5) is 0 Å². The summed E-state index contributed by atoms with van der Waals surface area (Å²) in [6.07, 6.45) is 3.99. The van der Waals surface area contributed by atoms with Crippen molar-refractivity contribution in [3.8, 4) is 0 Å². The van der Waals surface area contributed by atoms with Crippen molar-refractivity contribution < 1.29 is 0 Å². The molecule has 0 aliphatic heterocycles. The highest BCUT2D eigenvalue weighted by Crippen LogP contribution is 2.26. The fourth-order valence-corrected chi connectivity index (χ4v) is 1.33. The van der Waals surface area contributed by atoms with Crippen LogP contribution >= 0.6 is 0 Å². The minimum absolute atomic E-state index is 0.647. The Morgan fingerprint density at radius 3 is 2.45 bits per heavy atom. The van der Waals surface area contributed by atoms with Crippen LogP contribution in [0.1, 0.15) is 40.0 Å². The first-order valence-electron chi connectivity index (χ1n) is 4.77. The monoisotopic (exact) mass is 156 g/mol. The van der Waals surface area contributed by atoms with Gasteiger partial charge in [0.1, 0.15) is 0 Å². The van der Waals surface area contributed by atoms with Crippen molar-refractivity contribution in [1.29, 1.82) is 0 Å². The Morgan fingerprint density at radius 2 is 2.09 bits per heavy atom. The summed E-state index contributed by atoms with van der Waals surface area (Å²) in [4.78, 5) is 0. The molecule has 1 aliphatic carbocycles. The number of hydrogen-bond donors (Lipinski definition) is 1. The number of hydrazine groups is 1. The molecule has 0 saturated heterocycles. The maximum absolute atomic E-state index is 3.46. The van der Waals surface area contributed by atoms with Gasteiger partial charge in [0.15, 0.2) is 0 Å². The van der Waals surface area contributed by atoms with Crippen LogP contribution in [-0.2, 0) is 0 Å². The Hall–Kier alpha value is -0.0800. The van der Waals surface area contributed by atoms with Crippen LogP contribution in [0.5, 0.6) is 0 Å². The molecule has 0 unspecified atom stereocenters. The second-order valence-electron chi connectivity index (χ2n) is 3.64. The molecule has 0 aromatic heterocycles. The third-order valence-electron chi connectivity index (χ3n) is 2.04. The van der Waals surface area contributed by atoms with Crippen LogP contribution in [0.2, 0.25) is 0 Å². The summed E-state index contributed by atoms with van der Waals surface area (Å²) < 4.78 is 0. The van der Waals surface area contributed by atoms with E-state index in [9.17, 15) is 0 Å². The normalized spacial score (nSPS) is 18.3. The Kier molecular flexibility index (Phi) is 3.34. The van der Waals surface area contributed by atoms with Crippen LogP contribution in [0, 0.1) is 0 Å². The van der Waals surface area contributed by atoms with Crippen molar-refractivity contribution in [2.75, 3.05) is 6.54 Å². The Bertz CT molecular complexity index is 106. The van der Waals surface area contributed by atoms with Crippen molar-refractivity contribution in [2.24, 2.45) is 0 Å². The first-order chi connectivity index (χ1) is 5.25. The molecule has 0 aromatic rings. The van der Waals surface area contributed by atoms with Gasteiger partial charge < -0.3 is 0 Å². The molecule has 1 fully saturated rings. The third-order valence-corrected chi connectivity index (χ3v) is 2.04. The average molecular weight is 156 g/mol. The van der Waals surface area contributed by atoms with Crippen LogP contribution < -0.4 is 5.43 Å². The molecule has 0 amide bonds. The van der Waals surface area contributed by atoms with Gasteiger partial charge >= 0.3 is 0 Å². The van der Waals surface area contributed by atoms with E-state index in [0.717, 1.165) is 12.6 Å². The highest BCUT2D eigenvalue weighted by Gasteiger charge is 2.30. The van der Waals surface area contributed by atoms with Gasteiger partial charge in [-0.25, -0.2) is 5.01 Å². The van der Waals surface area contributed by atoms with E-state index in [1.807, 2.05) is 0 Å². The molecule has 11 heavy (non-hydrogen) atoms. The summed E-state index contributed by atoms with van der Waals surface area (Å²) in [7, 11) is 0. The van der Waals surface area contributed by atoms with Crippen molar-refractivity contribution in [2.45, 2.75) is 52.1 Å². The molecule has 1 aliphatic rings. The van der Waals surface area contributed by atoms with E-state index in [1.54, 1.807) is 0 Å². The zero-order chi connectivity index (χ0) is 8.27. The van der Waals surface area contributed by atoms with Crippen molar-refractivity contribution in [3.63, 3.8) is 0 Å². The highest BCUT2D eigenvalue weighted by atomic mass is 15.5. The van der Waals surface area contributed by atoms with Gasteiger partial charge in [0, 0.05) is 18.6 Å². The van der Waals surface area contributed by atoms with Crippen LogP contribution in [-0.4, -0.2) is 23.6 Å². The molecule has 1 rings (SSSR count). The molecule has 1 saturated carbocycles.